The van der Waals surface area contributed by atoms with E-state index >= 15 is 0 Å². The van der Waals surface area contributed by atoms with Crippen molar-refractivity contribution >= 4 is 16.6 Å². The Labute approximate surface area is 103 Å². The van der Waals surface area contributed by atoms with Crippen molar-refractivity contribution in [3.8, 4) is 0 Å². The van der Waals surface area contributed by atoms with E-state index in [0.29, 0.717) is 5.52 Å². The zero-order valence-corrected chi connectivity index (χ0v) is 10.2. The van der Waals surface area contributed by atoms with E-state index in [0.717, 1.165) is 36.0 Å². The number of para-hydroxylation sites is 2. The van der Waals surface area contributed by atoms with Gasteiger partial charge in [-0.2, -0.15) is 0 Å². The third-order valence-electron chi connectivity index (χ3n) is 3.10. The molecule has 0 unspecified atom stereocenters. The minimum Gasteiger partial charge on any atom is -0.319 e. The minimum atomic E-state index is -0.121. The van der Waals surface area contributed by atoms with E-state index in [1.807, 2.05) is 24.3 Å². The van der Waals surface area contributed by atoms with Crippen LogP contribution in [-0.2, 0) is 6.42 Å². The molecule has 1 aromatic carbocycles. The fourth-order valence-corrected chi connectivity index (χ4v) is 2.17. The van der Waals surface area contributed by atoms with Gasteiger partial charge in [-0.1, -0.05) is 30.7 Å². The molecule has 0 bridgehead atoms. The average molecular weight is 242 g/mol. The van der Waals surface area contributed by atoms with Gasteiger partial charge in [0.15, 0.2) is 5.52 Å². The molecule has 3 aromatic rings. The van der Waals surface area contributed by atoms with Crippen LogP contribution >= 0.6 is 0 Å². The molecule has 0 radical (unpaired) electrons. The molecule has 5 nitrogen and oxygen atoms in total. The van der Waals surface area contributed by atoms with E-state index in [9.17, 15) is 4.79 Å². The maximum absolute atomic E-state index is 12.1. The number of aromatic amines is 1. The standard InChI is InChI=1S/C13H14N4O/c1-2-3-6-10-12-13(18)14-9-7-4-5-8-11(9)17(12)16-15-10/h4-5,7-8H,2-3,6H2,1H3,(H,14,18). The van der Waals surface area contributed by atoms with Crippen LogP contribution in [0.2, 0.25) is 0 Å². The van der Waals surface area contributed by atoms with Crippen molar-refractivity contribution in [2.45, 2.75) is 26.2 Å². The molecule has 2 heterocycles. The molecule has 3 rings (SSSR count). The van der Waals surface area contributed by atoms with Gasteiger partial charge in [-0.05, 0) is 25.0 Å². The lowest BCUT2D eigenvalue weighted by molar-refractivity contribution is 0.769. The molecule has 2 aromatic heterocycles. The second-order valence-corrected chi connectivity index (χ2v) is 4.37. The number of unbranched alkanes of at least 4 members (excludes halogenated alkanes) is 1. The molecule has 18 heavy (non-hydrogen) atoms. The number of aromatic nitrogens is 4. The molecule has 0 aliphatic rings. The van der Waals surface area contributed by atoms with Gasteiger partial charge in [-0.15, -0.1) is 5.10 Å². The van der Waals surface area contributed by atoms with E-state index in [-0.39, 0.29) is 5.56 Å². The molecule has 92 valence electrons. The Bertz CT molecular complexity index is 756. The molecular formula is C13H14N4O. The molecule has 0 aliphatic carbocycles. The largest absolute Gasteiger partial charge is 0.319 e. The van der Waals surface area contributed by atoms with Crippen LogP contribution in [0.5, 0.6) is 0 Å². The third kappa shape index (κ3) is 1.59. The highest BCUT2D eigenvalue weighted by molar-refractivity contribution is 5.77. The Morgan fingerprint density at radius 1 is 1.33 bits per heavy atom. The second kappa shape index (κ2) is 4.25. The van der Waals surface area contributed by atoms with Crippen molar-refractivity contribution in [2.24, 2.45) is 0 Å². The summed E-state index contributed by atoms with van der Waals surface area (Å²) in [6.07, 6.45) is 2.88. The molecule has 0 spiro atoms. The summed E-state index contributed by atoms with van der Waals surface area (Å²) in [5, 5.41) is 8.24. The molecular weight excluding hydrogens is 228 g/mol. The van der Waals surface area contributed by atoms with Gasteiger partial charge in [-0.3, -0.25) is 4.79 Å². The summed E-state index contributed by atoms with van der Waals surface area (Å²) in [4.78, 5) is 15.0. The molecule has 5 heteroatoms. The molecule has 0 fully saturated rings. The van der Waals surface area contributed by atoms with Crippen LogP contribution in [0.1, 0.15) is 25.5 Å². The van der Waals surface area contributed by atoms with E-state index < -0.39 is 0 Å². The van der Waals surface area contributed by atoms with Crippen LogP contribution in [0, 0.1) is 0 Å². The van der Waals surface area contributed by atoms with Gasteiger partial charge in [0.1, 0.15) is 0 Å². The smallest absolute Gasteiger partial charge is 0.276 e. The molecule has 0 saturated carbocycles. The van der Waals surface area contributed by atoms with Gasteiger partial charge in [0.05, 0.1) is 16.7 Å². The summed E-state index contributed by atoms with van der Waals surface area (Å²) in [7, 11) is 0. The summed E-state index contributed by atoms with van der Waals surface area (Å²) < 4.78 is 1.64. The monoisotopic (exact) mass is 242 g/mol. The summed E-state index contributed by atoms with van der Waals surface area (Å²) in [6, 6.07) is 7.60. The van der Waals surface area contributed by atoms with Crippen molar-refractivity contribution in [3.63, 3.8) is 0 Å². The summed E-state index contributed by atoms with van der Waals surface area (Å²) >= 11 is 0. The van der Waals surface area contributed by atoms with Gasteiger partial charge < -0.3 is 4.98 Å². The number of nitrogens with zero attached hydrogens (tertiary/aromatic N) is 3. The first-order valence-corrected chi connectivity index (χ1v) is 6.16. The van der Waals surface area contributed by atoms with E-state index in [1.54, 1.807) is 4.52 Å². The van der Waals surface area contributed by atoms with Crippen LogP contribution in [0.3, 0.4) is 0 Å². The third-order valence-corrected chi connectivity index (χ3v) is 3.10. The van der Waals surface area contributed by atoms with E-state index in [1.165, 1.54) is 0 Å². The Morgan fingerprint density at radius 3 is 3.00 bits per heavy atom. The number of benzene rings is 1. The molecule has 0 saturated heterocycles. The topological polar surface area (TPSA) is 63.1 Å². The first kappa shape index (κ1) is 11.0. The van der Waals surface area contributed by atoms with Crippen LogP contribution in [0.15, 0.2) is 29.1 Å². The van der Waals surface area contributed by atoms with Crippen molar-refractivity contribution in [3.05, 3.63) is 40.3 Å². The minimum absolute atomic E-state index is 0.121. The van der Waals surface area contributed by atoms with E-state index in [4.69, 9.17) is 0 Å². The highest BCUT2D eigenvalue weighted by Crippen LogP contribution is 2.13. The number of fused-ring (bicyclic) bond motifs is 3. The van der Waals surface area contributed by atoms with Gasteiger partial charge in [0.2, 0.25) is 0 Å². The summed E-state index contributed by atoms with van der Waals surface area (Å²) in [5.41, 5.74) is 2.89. The van der Waals surface area contributed by atoms with Crippen LogP contribution in [0.4, 0.5) is 0 Å². The first-order chi connectivity index (χ1) is 8.81. The maximum atomic E-state index is 12.1. The number of nitrogens with one attached hydrogen (secondary N) is 1. The van der Waals surface area contributed by atoms with Crippen molar-refractivity contribution < 1.29 is 0 Å². The molecule has 0 atom stereocenters. The maximum Gasteiger partial charge on any atom is 0.276 e. The quantitative estimate of drug-likeness (QED) is 0.763. The van der Waals surface area contributed by atoms with Crippen LogP contribution in [-0.4, -0.2) is 19.8 Å². The fraction of sp³-hybridized carbons (Fsp3) is 0.308. The Hall–Kier alpha value is -2.17. The van der Waals surface area contributed by atoms with Crippen molar-refractivity contribution in [1.82, 2.24) is 19.8 Å². The van der Waals surface area contributed by atoms with Gasteiger partial charge >= 0.3 is 0 Å². The first-order valence-electron chi connectivity index (χ1n) is 6.16. The second-order valence-electron chi connectivity index (χ2n) is 4.37. The summed E-state index contributed by atoms with van der Waals surface area (Å²) in [5.74, 6) is 0. The van der Waals surface area contributed by atoms with Gasteiger partial charge in [0.25, 0.3) is 5.56 Å². The number of aryl methyl sites for hydroxylation is 1. The fourth-order valence-electron chi connectivity index (χ4n) is 2.17. The Morgan fingerprint density at radius 2 is 2.17 bits per heavy atom. The van der Waals surface area contributed by atoms with Crippen molar-refractivity contribution in [1.29, 1.82) is 0 Å². The highest BCUT2D eigenvalue weighted by Gasteiger charge is 2.12. The highest BCUT2D eigenvalue weighted by atomic mass is 16.1. The molecule has 0 aliphatic heterocycles. The normalized spacial score (nSPS) is 11.4. The van der Waals surface area contributed by atoms with Crippen LogP contribution < -0.4 is 5.56 Å². The number of H-pyrrole nitrogens is 1. The number of hydrogen-bond donors (Lipinski definition) is 1. The lowest BCUT2D eigenvalue weighted by Crippen LogP contribution is -2.11. The van der Waals surface area contributed by atoms with Gasteiger partial charge in [0, 0.05) is 0 Å². The van der Waals surface area contributed by atoms with Gasteiger partial charge in [-0.25, -0.2) is 4.52 Å². The lowest BCUT2D eigenvalue weighted by Gasteiger charge is -2.00. The SMILES string of the molecule is CCCCc1nnn2c1c(=O)[nH]c1ccccc12. The predicted octanol–water partition coefficient (Wildman–Crippen LogP) is 1.91. The number of rotatable bonds is 3. The van der Waals surface area contributed by atoms with Crippen molar-refractivity contribution in [2.75, 3.05) is 0 Å². The predicted molar refractivity (Wildman–Crippen MR) is 69.7 cm³/mol. The van der Waals surface area contributed by atoms with E-state index in [2.05, 4.69) is 22.2 Å². The molecule has 0 amide bonds. The Balaban J connectivity index is 2.32. The average Bonchev–Trinajstić information content (AvgIpc) is 2.81. The lowest BCUT2D eigenvalue weighted by atomic mass is 10.2. The molecule has 1 N–H and O–H groups in total. The summed E-state index contributed by atoms with van der Waals surface area (Å²) in [6.45, 7) is 2.12. The zero-order valence-electron chi connectivity index (χ0n) is 10.2. The zero-order chi connectivity index (χ0) is 12.5. The number of hydrogen-bond acceptors (Lipinski definition) is 3. The Kier molecular flexibility index (Phi) is 2.59. The van der Waals surface area contributed by atoms with Crippen LogP contribution in [0.25, 0.3) is 16.6 Å².